The molecule has 4 heteroatoms. The van der Waals surface area contributed by atoms with Crippen LogP contribution in [0.2, 0.25) is 0 Å². The van der Waals surface area contributed by atoms with Gasteiger partial charge in [0.2, 0.25) is 0 Å². The highest BCUT2D eigenvalue weighted by molar-refractivity contribution is 5.69. The van der Waals surface area contributed by atoms with Crippen molar-refractivity contribution in [2.24, 2.45) is 0 Å². The van der Waals surface area contributed by atoms with Gasteiger partial charge in [0.25, 0.3) is 0 Å². The van der Waals surface area contributed by atoms with Gasteiger partial charge < -0.3 is 9.84 Å². The second-order valence-corrected chi connectivity index (χ2v) is 3.20. The van der Waals surface area contributed by atoms with Gasteiger partial charge in [-0.1, -0.05) is 0 Å². The van der Waals surface area contributed by atoms with E-state index < -0.39 is 0 Å². The van der Waals surface area contributed by atoms with E-state index in [-0.39, 0.29) is 24.0 Å². The molecule has 0 radical (unpaired) electrons. The van der Waals surface area contributed by atoms with Gasteiger partial charge in [0.1, 0.15) is 11.6 Å². The highest BCUT2D eigenvalue weighted by Gasteiger charge is 2.05. The molecule has 0 aliphatic rings. The van der Waals surface area contributed by atoms with Gasteiger partial charge in [-0.25, -0.2) is 4.39 Å². The van der Waals surface area contributed by atoms with Crippen molar-refractivity contribution in [3.05, 3.63) is 29.6 Å². The number of aryl methyl sites for hydroxylation is 1. The zero-order valence-electron chi connectivity index (χ0n) is 8.50. The molecule has 0 spiro atoms. The van der Waals surface area contributed by atoms with Crippen LogP contribution in [0.5, 0.6) is 5.75 Å². The molecule has 15 heavy (non-hydrogen) atoms. The molecule has 1 aromatic carbocycles. The van der Waals surface area contributed by atoms with Crippen LogP contribution >= 0.6 is 0 Å². The number of benzene rings is 1. The van der Waals surface area contributed by atoms with Gasteiger partial charge in [-0.05, 0) is 36.6 Å². The maximum atomic E-state index is 12.8. The van der Waals surface area contributed by atoms with Crippen LogP contribution in [0.4, 0.5) is 4.39 Å². The van der Waals surface area contributed by atoms with Crippen LogP contribution in [0, 0.1) is 5.82 Å². The lowest BCUT2D eigenvalue weighted by atomic mass is 10.1. The third kappa shape index (κ3) is 3.58. The smallest absolute Gasteiger partial charge is 0.305 e. The Balaban J connectivity index is 2.50. The molecule has 0 bridgehead atoms. The fourth-order valence-corrected chi connectivity index (χ4v) is 1.28. The van der Waals surface area contributed by atoms with E-state index in [0.717, 1.165) is 0 Å². The lowest BCUT2D eigenvalue weighted by molar-refractivity contribution is -0.140. The minimum Gasteiger partial charge on any atom is -0.508 e. The Bertz CT molecular complexity index is 350. The zero-order valence-corrected chi connectivity index (χ0v) is 8.50. The van der Waals surface area contributed by atoms with E-state index in [1.807, 2.05) is 0 Å². The number of rotatable bonds is 4. The van der Waals surface area contributed by atoms with Gasteiger partial charge in [0.15, 0.2) is 0 Å². The molecule has 0 aromatic heterocycles. The standard InChI is InChI=1S/C11H13FO3/c1-15-11(14)4-2-3-8-7-9(12)5-6-10(8)13/h5-7,13H,2-4H2,1H3. The van der Waals surface area contributed by atoms with Crippen LogP contribution < -0.4 is 0 Å². The quantitative estimate of drug-likeness (QED) is 0.777. The minimum absolute atomic E-state index is 0.0567. The molecular weight excluding hydrogens is 199 g/mol. The summed E-state index contributed by atoms with van der Waals surface area (Å²) in [5, 5.41) is 9.37. The van der Waals surface area contributed by atoms with Crippen molar-refractivity contribution >= 4 is 5.97 Å². The van der Waals surface area contributed by atoms with Crippen LogP contribution in [-0.4, -0.2) is 18.2 Å². The number of esters is 1. The van der Waals surface area contributed by atoms with E-state index in [1.165, 1.54) is 25.3 Å². The molecule has 0 fully saturated rings. The van der Waals surface area contributed by atoms with E-state index in [4.69, 9.17) is 0 Å². The number of aromatic hydroxyl groups is 1. The fraction of sp³-hybridized carbons (Fsp3) is 0.364. The molecule has 0 unspecified atom stereocenters. The number of hydrogen-bond acceptors (Lipinski definition) is 3. The summed E-state index contributed by atoms with van der Waals surface area (Å²) in [6.45, 7) is 0. The zero-order chi connectivity index (χ0) is 11.3. The van der Waals surface area contributed by atoms with Gasteiger partial charge >= 0.3 is 5.97 Å². The second kappa shape index (κ2) is 5.34. The Labute approximate surface area is 87.5 Å². The Morgan fingerprint density at radius 3 is 2.93 bits per heavy atom. The van der Waals surface area contributed by atoms with Crippen molar-refractivity contribution in [1.29, 1.82) is 0 Å². The Morgan fingerprint density at radius 2 is 2.27 bits per heavy atom. The highest BCUT2D eigenvalue weighted by Crippen LogP contribution is 2.19. The molecule has 3 nitrogen and oxygen atoms in total. The van der Waals surface area contributed by atoms with Crippen molar-refractivity contribution in [3.8, 4) is 5.75 Å². The average Bonchev–Trinajstić information content (AvgIpc) is 2.23. The molecule has 1 N–H and O–H groups in total. The predicted octanol–water partition coefficient (Wildman–Crippen LogP) is 2.03. The van der Waals surface area contributed by atoms with Crippen LogP contribution in [0.3, 0.4) is 0 Å². The van der Waals surface area contributed by atoms with Crippen molar-refractivity contribution in [2.75, 3.05) is 7.11 Å². The van der Waals surface area contributed by atoms with E-state index in [9.17, 15) is 14.3 Å². The van der Waals surface area contributed by atoms with Crippen LogP contribution in [0.25, 0.3) is 0 Å². The van der Waals surface area contributed by atoms with Gasteiger partial charge in [-0.15, -0.1) is 0 Å². The number of phenols is 1. The number of halogens is 1. The topological polar surface area (TPSA) is 46.5 Å². The van der Waals surface area contributed by atoms with Gasteiger partial charge in [0, 0.05) is 6.42 Å². The Morgan fingerprint density at radius 1 is 1.53 bits per heavy atom. The van der Waals surface area contributed by atoms with E-state index in [2.05, 4.69) is 4.74 Å². The average molecular weight is 212 g/mol. The Kier molecular flexibility index (Phi) is 4.09. The monoisotopic (exact) mass is 212 g/mol. The maximum absolute atomic E-state index is 12.8. The number of hydrogen-bond donors (Lipinski definition) is 1. The third-order valence-electron chi connectivity index (χ3n) is 2.10. The molecule has 0 aliphatic carbocycles. The van der Waals surface area contributed by atoms with Gasteiger partial charge in [0.05, 0.1) is 7.11 Å². The number of carbonyl (C=O) groups excluding carboxylic acids is 1. The first-order valence-electron chi connectivity index (χ1n) is 4.67. The molecule has 0 amide bonds. The van der Waals surface area contributed by atoms with Crippen LogP contribution in [0.1, 0.15) is 18.4 Å². The molecule has 1 aromatic rings. The van der Waals surface area contributed by atoms with E-state index in [0.29, 0.717) is 18.4 Å². The highest BCUT2D eigenvalue weighted by atomic mass is 19.1. The summed E-state index contributed by atoms with van der Waals surface area (Å²) in [6, 6.07) is 3.77. The predicted molar refractivity (Wildman–Crippen MR) is 53.0 cm³/mol. The van der Waals surface area contributed by atoms with Gasteiger partial charge in [-0.3, -0.25) is 4.79 Å². The summed E-state index contributed by atoms with van der Waals surface area (Å²) < 4.78 is 17.3. The molecular formula is C11H13FO3. The molecule has 82 valence electrons. The van der Waals surface area contributed by atoms with Crippen molar-refractivity contribution in [3.63, 3.8) is 0 Å². The summed E-state index contributed by atoms with van der Waals surface area (Å²) >= 11 is 0. The summed E-state index contributed by atoms with van der Waals surface area (Å²) in [7, 11) is 1.32. The first-order valence-corrected chi connectivity index (χ1v) is 4.67. The largest absolute Gasteiger partial charge is 0.508 e. The lowest BCUT2D eigenvalue weighted by Gasteiger charge is -2.03. The number of carbonyl (C=O) groups is 1. The van der Waals surface area contributed by atoms with Gasteiger partial charge in [-0.2, -0.15) is 0 Å². The summed E-state index contributed by atoms with van der Waals surface area (Å²) in [5.41, 5.74) is 0.513. The van der Waals surface area contributed by atoms with Crippen molar-refractivity contribution in [2.45, 2.75) is 19.3 Å². The first-order chi connectivity index (χ1) is 7.13. The molecule has 0 atom stereocenters. The van der Waals surface area contributed by atoms with Crippen molar-refractivity contribution in [1.82, 2.24) is 0 Å². The Hall–Kier alpha value is -1.58. The molecule has 0 saturated heterocycles. The molecule has 0 aliphatic heterocycles. The van der Waals surface area contributed by atoms with Crippen LogP contribution in [-0.2, 0) is 16.0 Å². The summed E-state index contributed by atoms with van der Waals surface area (Å²) in [5.74, 6) is -0.631. The van der Waals surface area contributed by atoms with Crippen molar-refractivity contribution < 1.29 is 19.0 Å². The summed E-state index contributed by atoms with van der Waals surface area (Å²) in [6.07, 6.45) is 1.26. The summed E-state index contributed by atoms with van der Waals surface area (Å²) in [4.78, 5) is 10.8. The van der Waals surface area contributed by atoms with E-state index in [1.54, 1.807) is 0 Å². The van der Waals surface area contributed by atoms with Crippen LogP contribution in [0.15, 0.2) is 18.2 Å². The normalized spacial score (nSPS) is 10.0. The van der Waals surface area contributed by atoms with E-state index >= 15 is 0 Å². The molecule has 1 rings (SSSR count). The SMILES string of the molecule is COC(=O)CCCc1cc(F)ccc1O. The maximum Gasteiger partial charge on any atom is 0.305 e. The number of phenolic OH excluding ortho intramolecular Hbond substituents is 1. The molecule has 0 heterocycles. The fourth-order valence-electron chi connectivity index (χ4n) is 1.28. The lowest BCUT2D eigenvalue weighted by Crippen LogP contribution is -2.00. The molecule has 0 saturated carbocycles. The minimum atomic E-state index is -0.388. The third-order valence-corrected chi connectivity index (χ3v) is 2.10. The first kappa shape index (κ1) is 11.5. The number of ether oxygens (including phenoxy) is 1. The second-order valence-electron chi connectivity index (χ2n) is 3.20. The number of methoxy groups -OCH3 is 1.